The number of carbonyl (C=O) groups is 1. The van der Waals surface area contributed by atoms with E-state index in [0.717, 1.165) is 11.1 Å². The number of hydrogen-bond acceptors (Lipinski definition) is 3. The van der Waals surface area contributed by atoms with Crippen LogP contribution in [0.3, 0.4) is 0 Å². The molecular formula is C13H15NO2. The van der Waals surface area contributed by atoms with Crippen LogP contribution >= 0.6 is 0 Å². The van der Waals surface area contributed by atoms with Gasteiger partial charge in [-0.1, -0.05) is 18.7 Å². The summed E-state index contributed by atoms with van der Waals surface area (Å²) >= 11 is 0. The van der Waals surface area contributed by atoms with Crippen LogP contribution in [0, 0.1) is 13.8 Å². The number of nitrogens with zero attached hydrogens (tertiary/aromatic N) is 1. The molecule has 0 atom stereocenters. The summed E-state index contributed by atoms with van der Waals surface area (Å²) < 4.78 is 0. The molecule has 3 nitrogen and oxygen atoms in total. The van der Waals surface area contributed by atoms with Crippen molar-refractivity contribution in [2.45, 2.75) is 20.8 Å². The molecule has 0 radical (unpaired) electrons. The number of aryl methyl sites for hydroxylation is 2. The van der Waals surface area contributed by atoms with Gasteiger partial charge in [0.1, 0.15) is 11.5 Å². The smallest absolute Gasteiger partial charge is 0.181 e. The Hall–Kier alpha value is -1.90. The summed E-state index contributed by atoms with van der Waals surface area (Å²) in [5.74, 6) is -0.596. The quantitative estimate of drug-likeness (QED) is 0.625. The van der Waals surface area contributed by atoms with E-state index < -0.39 is 0 Å². The number of aliphatic imine (C=N–C) groups is 1. The largest absolute Gasteiger partial charge is 0.506 e. The lowest BCUT2D eigenvalue weighted by Gasteiger charge is -2.04. The Bertz CT molecular complexity index is 457. The van der Waals surface area contributed by atoms with Crippen molar-refractivity contribution < 1.29 is 9.90 Å². The summed E-state index contributed by atoms with van der Waals surface area (Å²) in [6.07, 6.45) is 0. The Labute approximate surface area is 95.1 Å². The van der Waals surface area contributed by atoms with E-state index in [4.69, 9.17) is 0 Å². The van der Waals surface area contributed by atoms with Crippen molar-refractivity contribution in [3.05, 3.63) is 41.7 Å². The molecule has 0 unspecified atom stereocenters. The number of aliphatic hydroxyl groups excluding tert-OH is 1. The first kappa shape index (κ1) is 12.2. The van der Waals surface area contributed by atoms with Gasteiger partial charge in [0, 0.05) is 6.92 Å². The number of allylic oxidation sites excluding steroid dienone is 1. The van der Waals surface area contributed by atoms with Crippen LogP contribution in [0.1, 0.15) is 18.1 Å². The Morgan fingerprint density at radius 1 is 1.38 bits per heavy atom. The number of Topliss-reactive ketones (excluding diaryl/α,β-unsaturated/α-hetero) is 1. The predicted molar refractivity (Wildman–Crippen MR) is 65.5 cm³/mol. The van der Waals surface area contributed by atoms with Gasteiger partial charge in [0.05, 0.1) is 5.69 Å². The number of hydrogen-bond donors (Lipinski definition) is 1. The molecule has 0 aliphatic carbocycles. The Morgan fingerprint density at radius 2 is 2.00 bits per heavy atom. The van der Waals surface area contributed by atoms with Gasteiger partial charge in [-0.15, -0.1) is 0 Å². The van der Waals surface area contributed by atoms with E-state index in [2.05, 4.69) is 11.6 Å². The van der Waals surface area contributed by atoms with Crippen LogP contribution < -0.4 is 0 Å². The maximum absolute atomic E-state index is 11.2. The molecule has 3 heteroatoms. The molecule has 0 heterocycles. The van der Waals surface area contributed by atoms with Gasteiger partial charge >= 0.3 is 0 Å². The van der Waals surface area contributed by atoms with Crippen LogP contribution in [0.4, 0.5) is 5.69 Å². The zero-order valence-electron chi connectivity index (χ0n) is 9.74. The van der Waals surface area contributed by atoms with E-state index in [1.54, 1.807) is 0 Å². The van der Waals surface area contributed by atoms with Gasteiger partial charge in [-0.3, -0.25) is 4.79 Å². The Morgan fingerprint density at radius 3 is 2.50 bits per heavy atom. The first-order valence-electron chi connectivity index (χ1n) is 4.97. The number of carbonyl (C=O) groups excluding carboxylic acids is 1. The molecule has 0 saturated heterocycles. The number of aliphatic hydroxyl groups is 1. The van der Waals surface area contributed by atoms with Crippen molar-refractivity contribution in [2.75, 3.05) is 0 Å². The maximum atomic E-state index is 11.2. The first-order chi connectivity index (χ1) is 7.41. The molecule has 1 N–H and O–H groups in total. The van der Waals surface area contributed by atoms with Crippen molar-refractivity contribution >= 4 is 17.2 Å². The number of ketones is 1. The fourth-order valence-corrected chi connectivity index (χ4v) is 1.31. The van der Waals surface area contributed by atoms with Crippen molar-refractivity contribution in [3.63, 3.8) is 0 Å². The van der Waals surface area contributed by atoms with Gasteiger partial charge in [0.15, 0.2) is 5.78 Å². The Balaban J connectivity index is 3.28. The van der Waals surface area contributed by atoms with Crippen LogP contribution in [-0.2, 0) is 4.79 Å². The highest BCUT2D eigenvalue weighted by atomic mass is 16.3. The van der Waals surface area contributed by atoms with Crippen molar-refractivity contribution in [3.8, 4) is 0 Å². The summed E-state index contributed by atoms with van der Waals surface area (Å²) in [5, 5.41) is 9.26. The van der Waals surface area contributed by atoms with Gasteiger partial charge < -0.3 is 5.11 Å². The summed E-state index contributed by atoms with van der Waals surface area (Å²) in [7, 11) is 0. The second kappa shape index (κ2) is 4.75. The third kappa shape index (κ3) is 2.79. The molecular weight excluding hydrogens is 202 g/mol. The van der Waals surface area contributed by atoms with Crippen molar-refractivity contribution in [2.24, 2.45) is 4.99 Å². The minimum Gasteiger partial charge on any atom is -0.506 e. The molecule has 1 aromatic rings. The normalized spacial score (nSPS) is 11.3. The highest BCUT2D eigenvalue weighted by Gasteiger charge is 2.10. The van der Waals surface area contributed by atoms with Gasteiger partial charge in [-0.2, -0.15) is 0 Å². The zero-order chi connectivity index (χ0) is 12.3. The SMILES string of the molecule is C=C(O)C(=Nc1cc(C)ccc1C)C(C)=O. The molecule has 1 rings (SSSR count). The standard InChI is InChI=1S/C13H15NO2/c1-8-5-6-9(2)12(7-8)14-13(10(3)15)11(4)16/h5-7,15H,3H2,1-2,4H3. The van der Waals surface area contributed by atoms with Gasteiger partial charge in [0.25, 0.3) is 0 Å². The fourth-order valence-electron chi connectivity index (χ4n) is 1.31. The molecule has 0 saturated carbocycles. The highest BCUT2D eigenvalue weighted by Crippen LogP contribution is 2.20. The van der Waals surface area contributed by atoms with Crippen molar-refractivity contribution in [1.29, 1.82) is 0 Å². The zero-order valence-corrected chi connectivity index (χ0v) is 9.74. The molecule has 0 aromatic heterocycles. The van der Waals surface area contributed by atoms with Gasteiger partial charge in [-0.25, -0.2) is 4.99 Å². The lowest BCUT2D eigenvalue weighted by Crippen LogP contribution is -2.11. The Kier molecular flexibility index (Phi) is 3.61. The van der Waals surface area contributed by atoms with Crippen LogP contribution in [0.25, 0.3) is 0 Å². The summed E-state index contributed by atoms with van der Waals surface area (Å²) in [4.78, 5) is 15.4. The molecule has 0 aliphatic heterocycles. The molecule has 0 spiro atoms. The van der Waals surface area contributed by atoms with E-state index in [0.29, 0.717) is 5.69 Å². The average molecular weight is 217 g/mol. The minimum absolute atomic E-state index is 0.00806. The third-order valence-electron chi connectivity index (χ3n) is 2.20. The summed E-state index contributed by atoms with van der Waals surface area (Å²) in [6, 6.07) is 5.75. The number of rotatable bonds is 3. The lowest BCUT2D eigenvalue weighted by atomic mass is 10.1. The molecule has 0 aliphatic rings. The predicted octanol–water partition coefficient (Wildman–Crippen LogP) is 3.04. The molecule has 1 aromatic carbocycles. The topological polar surface area (TPSA) is 49.7 Å². The first-order valence-corrected chi connectivity index (χ1v) is 4.97. The van der Waals surface area contributed by atoms with E-state index >= 15 is 0 Å². The maximum Gasteiger partial charge on any atom is 0.181 e. The summed E-state index contributed by atoms with van der Waals surface area (Å²) in [6.45, 7) is 8.52. The third-order valence-corrected chi connectivity index (χ3v) is 2.20. The molecule has 16 heavy (non-hydrogen) atoms. The second-order valence-electron chi connectivity index (χ2n) is 3.75. The molecule has 84 valence electrons. The minimum atomic E-state index is -0.298. The molecule has 0 fully saturated rings. The highest BCUT2D eigenvalue weighted by molar-refractivity contribution is 6.45. The average Bonchev–Trinajstić information content (AvgIpc) is 2.18. The monoisotopic (exact) mass is 217 g/mol. The van der Waals surface area contributed by atoms with Crippen LogP contribution in [0.5, 0.6) is 0 Å². The molecule has 0 bridgehead atoms. The van der Waals surface area contributed by atoms with E-state index in [9.17, 15) is 9.90 Å². The number of benzene rings is 1. The van der Waals surface area contributed by atoms with Crippen molar-refractivity contribution in [1.82, 2.24) is 0 Å². The van der Waals surface area contributed by atoms with E-state index in [1.165, 1.54) is 6.92 Å². The molecule has 0 amide bonds. The van der Waals surface area contributed by atoms with Crippen LogP contribution in [0.15, 0.2) is 35.5 Å². The van der Waals surface area contributed by atoms with Crippen LogP contribution in [-0.4, -0.2) is 16.6 Å². The summed E-state index contributed by atoms with van der Waals surface area (Å²) in [5.41, 5.74) is 2.69. The fraction of sp³-hybridized carbons (Fsp3) is 0.231. The lowest BCUT2D eigenvalue weighted by molar-refractivity contribution is -0.111. The van der Waals surface area contributed by atoms with Crippen LogP contribution in [0.2, 0.25) is 0 Å². The van der Waals surface area contributed by atoms with E-state index in [1.807, 2.05) is 32.0 Å². The van der Waals surface area contributed by atoms with Gasteiger partial charge in [-0.05, 0) is 31.0 Å². The second-order valence-corrected chi connectivity index (χ2v) is 3.75. The van der Waals surface area contributed by atoms with E-state index in [-0.39, 0.29) is 17.3 Å². The van der Waals surface area contributed by atoms with Gasteiger partial charge in [0.2, 0.25) is 0 Å².